The van der Waals surface area contributed by atoms with Gasteiger partial charge in [0.15, 0.2) is 5.78 Å². The number of carbonyl (C=O) groups excluding carboxylic acids is 1. The van der Waals surface area contributed by atoms with Crippen molar-refractivity contribution in [1.82, 2.24) is 9.78 Å². The largest absolute Gasteiger partial charge is 0.385 e. The van der Waals surface area contributed by atoms with Gasteiger partial charge in [0.2, 0.25) is 0 Å². The summed E-state index contributed by atoms with van der Waals surface area (Å²) in [5, 5.41) is 13.8. The second kappa shape index (κ2) is 3.77. The first-order valence-electron chi connectivity index (χ1n) is 5.28. The Morgan fingerprint density at radius 2 is 2.40 bits per heavy atom. The van der Waals surface area contributed by atoms with E-state index in [9.17, 15) is 9.90 Å². The Morgan fingerprint density at radius 1 is 1.73 bits per heavy atom. The van der Waals surface area contributed by atoms with E-state index in [4.69, 9.17) is 0 Å². The first-order valence-corrected chi connectivity index (χ1v) is 5.28. The summed E-state index contributed by atoms with van der Waals surface area (Å²) in [4.78, 5) is 11.7. The molecule has 1 N–H and O–H groups in total. The zero-order valence-corrected chi connectivity index (χ0v) is 9.10. The van der Waals surface area contributed by atoms with E-state index in [1.54, 1.807) is 4.68 Å². The number of Topliss-reactive ketones (excluding diaryl/α,β-unsaturated/α-hetero) is 1. The van der Waals surface area contributed by atoms with Crippen LogP contribution in [0.15, 0.2) is 6.07 Å². The fraction of sp³-hybridized carbons (Fsp3) is 0.636. The highest BCUT2D eigenvalue weighted by molar-refractivity contribution is 5.85. The lowest BCUT2D eigenvalue weighted by Crippen LogP contribution is -2.25. The first kappa shape index (κ1) is 10.4. The van der Waals surface area contributed by atoms with Crippen LogP contribution < -0.4 is 0 Å². The third-order valence-corrected chi connectivity index (χ3v) is 2.85. The third-order valence-electron chi connectivity index (χ3n) is 2.85. The van der Waals surface area contributed by atoms with Crippen molar-refractivity contribution in [2.45, 2.75) is 32.3 Å². The number of aromatic nitrogens is 2. The molecule has 1 unspecified atom stereocenters. The van der Waals surface area contributed by atoms with Gasteiger partial charge in [0.05, 0.1) is 12.1 Å². The van der Waals surface area contributed by atoms with Crippen molar-refractivity contribution in [3.05, 3.63) is 17.5 Å². The van der Waals surface area contributed by atoms with Gasteiger partial charge in [-0.2, -0.15) is 5.10 Å². The number of aryl methyl sites for hydroxylation is 2. The van der Waals surface area contributed by atoms with E-state index in [2.05, 4.69) is 5.10 Å². The molecule has 2 rings (SSSR count). The van der Waals surface area contributed by atoms with E-state index in [1.165, 1.54) is 0 Å². The number of aliphatic hydroxyl groups is 1. The van der Waals surface area contributed by atoms with Gasteiger partial charge in [0.25, 0.3) is 0 Å². The van der Waals surface area contributed by atoms with Gasteiger partial charge in [-0.15, -0.1) is 0 Å². The summed E-state index contributed by atoms with van der Waals surface area (Å²) in [6.07, 6.45) is 1.49. The molecule has 1 saturated carbocycles. The smallest absolute Gasteiger partial charge is 0.167 e. The Bertz CT molecular complexity index is 380. The van der Waals surface area contributed by atoms with E-state index in [-0.39, 0.29) is 18.1 Å². The highest BCUT2D eigenvalue weighted by atomic mass is 16.3. The molecule has 82 valence electrons. The van der Waals surface area contributed by atoms with Gasteiger partial charge in [0, 0.05) is 12.7 Å². The highest BCUT2D eigenvalue weighted by Crippen LogP contribution is 2.33. The second-order valence-corrected chi connectivity index (χ2v) is 4.33. The normalized spacial score (nSPS) is 17.8. The molecule has 0 aromatic carbocycles. The van der Waals surface area contributed by atoms with Crippen molar-refractivity contribution in [2.24, 2.45) is 13.0 Å². The van der Waals surface area contributed by atoms with Crippen molar-refractivity contribution < 1.29 is 9.90 Å². The summed E-state index contributed by atoms with van der Waals surface area (Å²) in [6, 6.07) is 1.89. The summed E-state index contributed by atoms with van der Waals surface area (Å²) in [6.45, 7) is 1.89. The van der Waals surface area contributed by atoms with Gasteiger partial charge in [-0.1, -0.05) is 0 Å². The van der Waals surface area contributed by atoms with Crippen LogP contribution in [0.4, 0.5) is 0 Å². The number of carbonyl (C=O) groups is 1. The molecule has 0 radical (unpaired) electrons. The molecule has 1 aliphatic carbocycles. The van der Waals surface area contributed by atoms with Crippen LogP contribution in [-0.2, 0) is 18.3 Å². The van der Waals surface area contributed by atoms with Gasteiger partial charge in [-0.25, -0.2) is 0 Å². The van der Waals surface area contributed by atoms with Crippen molar-refractivity contribution in [3.63, 3.8) is 0 Å². The number of rotatable bonds is 4. The summed E-state index contributed by atoms with van der Waals surface area (Å²) in [5.74, 6) is 0.132. The van der Waals surface area contributed by atoms with E-state index in [0.29, 0.717) is 0 Å². The maximum absolute atomic E-state index is 11.7. The molecule has 0 spiro atoms. The molecule has 4 heteroatoms. The quantitative estimate of drug-likeness (QED) is 0.788. The second-order valence-electron chi connectivity index (χ2n) is 4.33. The number of hydrogen-bond acceptors (Lipinski definition) is 3. The van der Waals surface area contributed by atoms with Crippen LogP contribution in [0.1, 0.15) is 24.2 Å². The maximum Gasteiger partial charge on any atom is 0.167 e. The Kier molecular flexibility index (Phi) is 2.61. The number of hydrogen-bond donors (Lipinski definition) is 1. The number of aliphatic hydroxyl groups excluding tert-OH is 1. The van der Waals surface area contributed by atoms with Gasteiger partial charge in [-0.3, -0.25) is 9.48 Å². The molecule has 1 aromatic rings. The Balaban J connectivity index is 2.01. The molecule has 0 saturated heterocycles. The minimum atomic E-state index is -0.764. The van der Waals surface area contributed by atoms with Crippen LogP contribution in [0.25, 0.3) is 0 Å². The SMILES string of the molecule is Cc1cc(CC(=O)C(O)C2CC2)n(C)n1. The van der Waals surface area contributed by atoms with E-state index in [0.717, 1.165) is 24.2 Å². The monoisotopic (exact) mass is 208 g/mol. The lowest BCUT2D eigenvalue weighted by Gasteiger charge is -2.07. The van der Waals surface area contributed by atoms with Gasteiger partial charge < -0.3 is 5.11 Å². The van der Waals surface area contributed by atoms with Crippen LogP contribution in [0.3, 0.4) is 0 Å². The van der Waals surface area contributed by atoms with Crippen LogP contribution >= 0.6 is 0 Å². The van der Waals surface area contributed by atoms with Crippen molar-refractivity contribution in [2.75, 3.05) is 0 Å². The van der Waals surface area contributed by atoms with Gasteiger partial charge in [-0.05, 0) is 31.7 Å². The highest BCUT2D eigenvalue weighted by Gasteiger charge is 2.34. The van der Waals surface area contributed by atoms with E-state index in [1.807, 2.05) is 20.0 Å². The molecule has 0 amide bonds. The third kappa shape index (κ3) is 2.26. The van der Waals surface area contributed by atoms with Crippen molar-refractivity contribution >= 4 is 5.78 Å². The molecule has 1 heterocycles. The number of ketones is 1. The van der Waals surface area contributed by atoms with Crippen molar-refractivity contribution in [3.8, 4) is 0 Å². The molecular weight excluding hydrogens is 192 g/mol. The van der Waals surface area contributed by atoms with Gasteiger partial charge >= 0.3 is 0 Å². The lowest BCUT2D eigenvalue weighted by atomic mass is 10.1. The number of nitrogens with zero attached hydrogens (tertiary/aromatic N) is 2. The van der Waals surface area contributed by atoms with Crippen LogP contribution in [0.5, 0.6) is 0 Å². The summed E-state index contributed by atoms with van der Waals surface area (Å²) in [5.41, 5.74) is 1.78. The molecule has 15 heavy (non-hydrogen) atoms. The van der Waals surface area contributed by atoms with E-state index < -0.39 is 6.10 Å². The average molecular weight is 208 g/mol. The minimum absolute atomic E-state index is 0.0829. The summed E-state index contributed by atoms with van der Waals surface area (Å²) in [7, 11) is 1.82. The fourth-order valence-corrected chi connectivity index (χ4v) is 1.79. The van der Waals surface area contributed by atoms with Crippen LogP contribution in [0, 0.1) is 12.8 Å². The standard InChI is InChI=1S/C11H16N2O2/c1-7-5-9(13(2)12-7)6-10(14)11(15)8-3-4-8/h5,8,11,15H,3-4,6H2,1-2H3. The predicted octanol–water partition coefficient (Wildman–Crippen LogP) is 0.611. The zero-order valence-electron chi connectivity index (χ0n) is 9.10. The van der Waals surface area contributed by atoms with Crippen LogP contribution in [-0.4, -0.2) is 26.8 Å². The molecule has 1 aliphatic rings. The summed E-state index contributed by atoms with van der Waals surface area (Å²) >= 11 is 0. The Labute approximate surface area is 88.9 Å². The fourth-order valence-electron chi connectivity index (χ4n) is 1.79. The summed E-state index contributed by atoms with van der Waals surface area (Å²) < 4.78 is 1.70. The molecule has 1 atom stereocenters. The molecular formula is C11H16N2O2. The molecule has 0 bridgehead atoms. The minimum Gasteiger partial charge on any atom is -0.385 e. The topological polar surface area (TPSA) is 55.1 Å². The molecule has 1 fully saturated rings. The molecule has 1 aromatic heterocycles. The molecule has 4 nitrogen and oxygen atoms in total. The Morgan fingerprint density at radius 3 is 2.87 bits per heavy atom. The van der Waals surface area contributed by atoms with Crippen LogP contribution in [0.2, 0.25) is 0 Å². The zero-order chi connectivity index (χ0) is 11.0. The molecule has 0 aliphatic heterocycles. The predicted molar refractivity (Wildman–Crippen MR) is 55.4 cm³/mol. The lowest BCUT2D eigenvalue weighted by molar-refractivity contribution is -0.127. The van der Waals surface area contributed by atoms with Gasteiger partial charge in [0.1, 0.15) is 6.10 Å². The average Bonchev–Trinajstić information content (AvgIpc) is 2.94. The maximum atomic E-state index is 11.7. The van der Waals surface area contributed by atoms with E-state index >= 15 is 0 Å². The van der Waals surface area contributed by atoms with Crippen molar-refractivity contribution in [1.29, 1.82) is 0 Å². The first-order chi connectivity index (χ1) is 7.08. The Hall–Kier alpha value is -1.16.